The van der Waals surface area contributed by atoms with Crippen molar-refractivity contribution in [3.05, 3.63) is 0 Å². The molecule has 3 aliphatic rings. The van der Waals surface area contributed by atoms with Crippen LogP contribution in [0.5, 0.6) is 0 Å². The molecular formula is C25H44N2O2. The number of hydrogen-bond donors (Lipinski definition) is 0. The van der Waals surface area contributed by atoms with Gasteiger partial charge in [0.2, 0.25) is 12.3 Å². The van der Waals surface area contributed by atoms with Gasteiger partial charge in [-0.05, 0) is 87.4 Å². The number of rotatable bonds is 7. The minimum absolute atomic E-state index is 0.164. The van der Waals surface area contributed by atoms with E-state index in [4.69, 9.17) is 0 Å². The quantitative estimate of drug-likeness (QED) is 0.562. The van der Waals surface area contributed by atoms with Gasteiger partial charge in [-0.3, -0.25) is 9.59 Å². The highest BCUT2D eigenvalue weighted by Crippen LogP contribution is 2.65. The summed E-state index contributed by atoms with van der Waals surface area (Å²) in [4.78, 5) is 28.9. The van der Waals surface area contributed by atoms with Gasteiger partial charge in [-0.15, -0.1) is 0 Å². The van der Waals surface area contributed by atoms with Crippen LogP contribution in [0.3, 0.4) is 0 Å². The van der Waals surface area contributed by atoms with E-state index in [1.54, 1.807) is 0 Å². The van der Waals surface area contributed by atoms with E-state index < -0.39 is 0 Å². The zero-order valence-corrected chi connectivity index (χ0v) is 19.7. The van der Waals surface area contributed by atoms with Crippen LogP contribution in [-0.4, -0.2) is 48.3 Å². The fraction of sp³-hybridized carbons (Fsp3) is 0.920. The van der Waals surface area contributed by atoms with Crippen molar-refractivity contribution in [3.63, 3.8) is 0 Å². The SMILES string of the molecule is CCCC1(C)C2CCC3(C)C(C(=O)N(CC)CC)CCC3C2CCC1N(C)C=O. The first kappa shape index (κ1) is 22.6. The molecule has 3 rings (SSSR count). The average Bonchev–Trinajstić information content (AvgIpc) is 3.06. The molecule has 2 amide bonds. The predicted molar refractivity (Wildman–Crippen MR) is 118 cm³/mol. The van der Waals surface area contributed by atoms with Crippen LogP contribution in [0.15, 0.2) is 0 Å². The van der Waals surface area contributed by atoms with E-state index in [1.807, 2.05) is 11.9 Å². The molecule has 0 aromatic carbocycles. The number of carbonyl (C=O) groups is 2. The molecule has 0 bridgehead atoms. The lowest BCUT2D eigenvalue weighted by Crippen LogP contribution is -2.58. The zero-order valence-electron chi connectivity index (χ0n) is 19.7. The van der Waals surface area contributed by atoms with E-state index in [9.17, 15) is 9.59 Å². The van der Waals surface area contributed by atoms with Gasteiger partial charge in [-0.1, -0.05) is 27.2 Å². The molecule has 0 heterocycles. The maximum absolute atomic E-state index is 13.3. The van der Waals surface area contributed by atoms with Crippen LogP contribution in [0.4, 0.5) is 0 Å². The topological polar surface area (TPSA) is 40.6 Å². The smallest absolute Gasteiger partial charge is 0.226 e. The second-order valence-electron chi connectivity index (χ2n) is 10.7. The molecule has 0 N–H and O–H groups in total. The highest BCUT2D eigenvalue weighted by atomic mass is 16.2. The summed E-state index contributed by atoms with van der Waals surface area (Å²) < 4.78 is 0. The van der Waals surface area contributed by atoms with Crippen LogP contribution in [0.2, 0.25) is 0 Å². The number of fused-ring (bicyclic) bond motifs is 3. The fourth-order valence-electron chi connectivity index (χ4n) is 8.23. The normalized spacial score (nSPS) is 41.4. The Labute approximate surface area is 178 Å². The number of amides is 2. The molecule has 0 aromatic heterocycles. The maximum Gasteiger partial charge on any atom is 0.226 e. The zero-order chi connectivity index (χ0) is 21.4. The number of hydrogen-bond acceptors (Lipinski definition) is 2. The van der Waals surface area contributed by atoms with E-state index in [0.717, 1.165) is 38.3 Å². The molecule has 4 heteroatoms. The second-order valence-corrected chi connectivity index (χ2v) is 10.7. The second kappa shape index (κ2) is 8.59. The first-order valence-electron chi connectivity index (χ1n) is 12.2. The summed E-state index contributed by atoms with van der Waals surface area (Å²) in [6.45, 7) is 13.1. The molecule has 4 nitrogen and oxygen atoms in total. The van der Waals surface area contributed by atoms with Gasteiger partial charge in [0.15, 0.2) is 0 Å². The van der Waals surface area contributed by atoms with E-state index >= 15 is 0 Å². The van der Waals surface area contributed by atoms with Crippen LogP contribution >= 0.6 is 0 Å². The van der Waals surface area contributed by atoms with Crippen LogP contribution in [0.1, 0.15) is 86.0 Å². The van der Waals surface area contributed by atoms with Crippen LogP contribution in [-0.2, 0) is 9.59 Å². The molecule has 0 radical (unpaired) electrons. The van der Waals surface area contributed by atoms with E-state index in [1.165, 1.54) is 38.5 Å². The van der Waals surface area contributed by atoms with Crippen molar-refractivity contribution in [2.24, 2.45) is 34.5 Å². The largest absolute Gasteiger partial charge is 0.345 e. The molecule has 7 atom stereocenters. The minimum Gasteiger partial charge on any atom is -0.345 e. The van der Waals surface area contributed by atoms with Gasteiger partial charge in [0.25, 0.3) is 0 Å². The molecule has 0 aromatic rings. The molecule has 3 saturated carbocycles. The van der Waals surface area contributed by atoms with Crippen LogP contribution < -0.4 is 0 Å². The molecule has 166 valence electrons. The van der Waals surface area contributed by atoms with Crippen molar-refractivity contribution >= 4 is 12.3 Å². The summed E-state index contributed by atoms with van der Waals surface area (Å²) in [5.41, 5.74) is 0.368. The molecular weight excluding hydrogens is 360 g/mol. The third-order valence-electron chi connectivity index (χ3n) is 9.64. The van der Waals surface area contributed by atoms with Crippen molar-refractivity contribution in [2.45, 2.75) is 92.0 Å². The van der Waals surface area contributed by atoms with Crippen molar-refractivity contribution in [3.8, 4) is 0 Å². The summed E-state index contributed by atoms with van der Waals surface area (Å²) >= 11 is 0. The first-order valence-corrected chi connectivity index (χ1v) is 12.2. The maximum atomic E-state index is 13.3. The third-order valence-corrected chi connectivity index (χ3v) is 9.64. The number of nitrogens with zero attached hydrogens (tertiary/aromatic N) is 2. The van der Waals surface area contributed by atoms with Gasteiger partial charge in [0.05, 0.1) is 0 Å². The Kier molecular flexibility index (Phi) is 6.70. The van der Waals surface area contributed by atoms with Gasteiger partial charge in [-0.25, -0.2) is 0 Å². The fourth-order valence-corrected chi connectivity index (χ4v) is 8.23. The van der Waals surface area contributed by atoms with Crippen molar-refractivity contribution in [2.75, 3.05) is 20.1 Å². The Morgan fingerprint density at radius 1 is 1.00 bits per heavy atom. The van der Waals surface area contributed by atoms with Crippen molar-refractivity contribution in [1.29, 1.82) is 0 Å². The van der Waals surface area contributed by atoms with Gasteiger partial charge < -0.3 is 9.80 Å². The summed E-state index contributed by atoms with van der Waals surface area (Å²) in [7, 11) is 1.98. The van der Waals surface area contributed by atoms with Crippen molar-refractivity contribution in [1.82, 2.24) is 9.80 Å². The standard InChI is InChI=1S/C25H44N2O2/c1-7-15-25(5)20-14-16-24(4)19(18(20)10-13-22(25)26(6)17-28)11-12-21(24)23(29)27(8-2)9-3/h17-22H,7-16H2,1-6H3. The lowest BCUT2D eigenvalue weighted by atomic mass is 9.47. The predicted octanol–water partition coefficient (Wildman–Crippen LogP) is 4.97. The third kappa shape index (κ3) is 3.53. The summed E-state index contributed by atoms with van der Waals surface area (Å²) in [6.07, 6.45) is 10.4. The molecule has 3 aliphatic carbocycles. The van der Waals surface area contributed by atoms with Gasteiger partial charge in [-0.2, -0.15) is 0 Å². The van der Waals surface area contributed by atoms with Crippen LogP contribution in [0, 0.1) is 34.5 Å². The Bertz CT molecular complexity index is 604. The lowest BCUT2D eigenvalue weighted by molar-refractivity contribution is -0.147. The Morgan fingerprint density at radius 2 is 1.69 bits per heavy atom. The molecule has 3 fully saturated rings. The van der Waals surface area contributed by atoms with Gasteiger partial charge >= 0.3 is 0 Å². The Hall–Kier alpha value is -1.06. The Morgan fingerprint density at radius 3 is 2.28 bits per heavy atom. The summed E-state index contributed by atoms with van der Waals surface area (Å²) in [5, 5.41) is 0. The summed E-state index contributed by atoms with van der Waals surface area (Å²) in [6, 6.07) is 0.361. The first-order chi connectivity index (χ1) is 13.8. The molecule has 0 saturated heterocycles. The highest BCUT2D eigenvalue weighted by Gasteiger charge is 2.61. The lowest BCUT2D eigenvalue weighted by Gasteiger charge is -2.60. The average molecular weight is 405 g/mol. The summed E-state index contributed by atoms with van der Waals surface area (Å²) in [5.74, 6) is 2.69. The Balaban J connectivity index is 1.87. The monoisotopic (exact) mass is 404 g/mol. The van der Waals surface area contributed by atoms with E-state index in [-0.39, 0.29) is 16.7 Å². The van der Waals surface area contributed by atoms with E-state index in [0.29, 0.717) is 23.8 Å². The van der Waals surface area contributed by atoms with Crippen LogP contribution in [0.25, 0.3) is 0 Å². The molecule has 7 unspecified atom stereocenters. The van der Waals surface area contributed by atoms with Gasteiger partial charge in [0.1, 0.15) is 0 Å². The minimum atomic E-state index is 0.164. The van der Waals surface area contributed by atoms with Crippen molar-refractivity contribution < 1.29 is 9.59 Å². The molecule has 29 heavy (non-hydrogen) atoms. The number of carbonyl (C=O) groups excluding carboxylic acids is 2. The van der Waals surface area contributed by atoms with Gasteiger partial charge in [0, 0.05) is 32.1 Å². The van der Waals surface area contributed by atoms with E-state index in [2.05, 4.69) is 39.5 Å². The molecule has 0 aliphatic heterocycles. The molecule has 0 spiro atoms. The highest BCUT2D eigenvalue weighted by molar-refractivity contribution is 5.80.